The predicted molar refractivity (Wildman–Crippen MR) is 124 cm³/mol. The molecule has 2 heterocycles. The van der Waals surface area contributed by atoms with Crippen LogP contribution in [0.25, 0.3) is 11.4 Å². The first-order chi connectivity index (χ1) is 15.2. The molecule has 0 saturated heterocycles. The molecule has 5 heteroatoms. The number of rotatable bonds is 7. The normalized spacial score (nSPS) is 13.4. The molecule has 5 nitrogen and oxygen atoms in total. The van der Waals surface area contributed by atoms with E-state index >= 15 is 0 Å². The molecule has 0 fully saturated rings. The van der Waals surface area contributed by atoms with Crippen LogP contribution in [0.4, 0.5) is 0 Å². The highest BCUT2D eigenvalue weighted by Gasteiger charge is 2.24. The lowest BCUT2D eigenvalue weighted by atomic mass is 10.1. The SMILES string of the molecule is CCOc1ccc(CCNC(=O)c2nc(-c3ccc(C)cc3)n3c2CCCCC3)cc1. The monoisotopic (exact) mass is 417 g/mol. The number of imidazole rings is 1. The Bertz CT molecular complexity index is 1020. The van der Waals surface area contributed by atoms with Crippen molar-refractivity contribution in [3.05, 3.63) is 71.0 Å². The van der Waals surface area contributed by atoms with Gasteiger partial charge in [0.25, 0.3) is 5.91 Å². The van der Waals surface area contributed by atoms with E-state index in [1.807, 2.05) is 19.1 Å². The number of aromatic nitrogens is 2. The van der Waals surface area contributed by atoms with Crippen molar-refractivity contribution in [3.63, 3.8) is 0 Å². The van der Waals surface area contributed by atoms with Gasteiger partial charge in [0.1, 0.15) is 17.3 Å². The standard InChI is InChI=1S/C26H31N3O2/c1-3-31-22-14-10-20(11-15-22)16-17-27-26(30)24-23-7-5-4-6-18-29(23)25(28-24)21-12-8-19(2)9-13-21/h8-15H,3-7,16-18H2,1-2H3,(H,27,30). The summed E-state index contributed by atoms with van der Waals surface area (Å²) in [6, 6.07) is 16.5. The number of nitrogens with zero attached hydrogens (tertiary/aromatic N) is 2. The summed E-state index contributed by atoms with van der Waals surface area (Å²) in [7, 11) is 0. The van der Waals surface area contributed by atoms with E-state index in [1.165, 1.54) is 17.5 Å². The molecule has 2 aromatic carbocycles. The highest BCUT2D eigenvalue weighted by Crippen LogP contribution is 2.27. The third-order valence-corrected chi connectivity index (χ3v) is 5.83. The van der Waals surface area contributed by atoms with Crippen molar-refractivity contribution in [3.8, 4) is 17.1 Å². The van der Waals surface area contributed by atoms with Crippen LogP contribution >= 0.6 is 0 Å². The molecule has 0 spiro atoms. The molecule has 3 aromatic rings. The molecule has 4 rings (SSSR count). The first-order valence-corrected chi connectivity index (χ1v) is 11.3. The molecule has 0 radical (unpaired) electrons. The summed E-state index contributed by atoms with van der Waals surface area (Å²) in [5.41, 5.74) is 5.13. The zero-order chi connectivity index (χ0) is 21.6. The minimum absolute atomic E-state index is 0.0741. The molecule has 1 aromatic heterocycles. The van der Waals surface area contributed by atoms with E-state index in [2.05, 4.69) is 53.2 Å². The van der Waals surface area contributed by atoms with Crippen molar-refractivity contribution in [2.75, 3.05) is 13.2 Å². The van der Waals surface area contributed by atoms with Gasteiger partial charge in [0, 0.05) is 18.7 Å². The van der Waals surface area contributed by atoms with Gasteiger partial charge in [-0.3, -0.25) is 4.79 Å². The quantitative estimate of drug-likeness (QED) is 0.591. The minimum Gasteiger partial charge on any atom is -0.494 e. The van der Waals surface area contributed by atoms with E-state index in [9.17, 15) is 4.79 Å². The number of benzene rings is 2. The summed E-state index contributed by atoms with van der Waals surface area (Å²) in [6.07, 6.45) is 5.10. The molecule has 0 saturated carbocycles. The lowest BCUT2D eigenvalue weighted by molar-refractivity contribution is 0.0948. The van der Waals surface area contributed by atoms with Gasteiger partial charge in [-0.05, 0) is 57.2 Å². The second-order valence-corrected chi connectivity index (χ2v) is 8.14. The molecule has 31 heavy (non-hydrogen) atoms. The number of carbonyl (C=O) groups excluding carboxylic acids is 1. The number of amides is 1. The maximum Gasteiger partial charge on any atom is 0.271 e. The Morgan fingerprint density at radius 1 is 1.06 bits per heavy atom. The molecule has 1 aliphatic heterocycles. The summed E-state index contributed by atoms with van der Waals surface area (Å²) in [5, 5.41) is 3.09. The van der Waals surface area contributed by atoms with Crippen molar-refractivity contribution in [1.82, 2.24) is 14.9 Å². The number of hydrogen-bond donors (Lipinski definition) is 1. The van der Waals surface area contributed by atoms with E-state index in [0.29, 0.717) is 18.8 Å². The van der Waals surface area contributed by atoms with Crippen LogP contribution in [0.3, 0.4) is 0 Å². The smallest absolute Gasteiger partial charge is 0.271 e. The Morgan fingerprint density at radius 3 is 2.58 bits per heavy atom. The molecule has 0 unspecified atom stereocenters. The highest BCUT2D eigenvalue weighted by molar-refractivity contribution is 5.94. The number of carbonyl (C=O) groups is 1. The zero-order valence-corrected chi connectivity index (χ0v) is 18.5. The second kappa shape index (κ2) is 9.82. The van der Waals surface area contributed by atoms with Gasteiger partial charge in [-0.15, -0.1) is 0 Å². The van der Waals surface area contributed by atoms with Crippen molar-refractivity contribution in [1.29, 1.82) is 0 Å². The number of aryl methyl sites for hydroxylation is 1. The fourth-order valence-electron chi connectivity index (χ4n) is 4.15. The van der Waals surface area contributed by atoms with E-state index in [0.717, 1.165) is 55.1 Å². The lowest BCUT2D eigenvalue weighted by Gasteiger charge is -2.09. The van der Waals surface area contributed by atoms with Gasteiger partial charge in [-0.2, -0.15) is 0 Å². The molecule has 0 aliphatic carbocycles. The van der Waals surface area contributed by atoms with Gasteiger partial charge in [-0.1, -0.05) is 48.4 Å². The van der Waals surface area contributed by atoms with Crippen molar-refractivity contribution in [2.24, 2.45) is 0 Å². The second-order valence-electron chi connectivity index (χ2n) is 8.14. The summed E-state index contributed by atoms with van der Waals surface area (Å²) in [6.45, 7) is 6.22. The number of nitrogens with one attached hydrogen (secondary N) is 1. The van der Waals surface area contributed by atoms with Gasteiger partial charge in [0.05, 0.1) is 12.3 Å². The highest BCUT2D eigenvalue weighted by atomic mass is 16.5. The third-order valence-electron chi connectivity index (χ3n) is 5.83. The van der Waals surface area contributed by atoms with Crippen molar-refractivity contribution >= 4 is 5.91 Å². The summed E-state index contributed by atoms with van der Waals surface area (Å²) in [5.74, 6) is 1.71. The number of hydrogen-bond acceptors (Lipinski definition) is 3. The molecular weight excluding hydrogens is 386 g/mol. The molecule has 162 valence electrons. The topological polar surface area (TPSA) is 56.1 Å². The molecule has 1 amide bonds. The van der Waals surface area contributed by atoms with Gasteiger partial charge >= 0.3 is 0 Å². The van der Waals surface area contributed by atoms with Crippen LogP contribution in [-0.4, -0.2) is 28.6 Å². The van der Waals surface area contributed by atoms with E-state index in [1.54, 1.807) is 0 Å². The zero-order valence-electron chi connectivity index (χ0n) is 18.5. The number of ether oxygens (including phenoxy) is 1. The largest absolute Gasteiger partial charge is 0.494 e. The predicted octanol–water partition coefficient (Wildman–Crippen LogP) is 4.96. The summed E-state index contributed by atoms with van der Waals surface area (Å²) >= 11 is 0. The van der Waals surface area contributed by atoms with E-state index < -0.39 is 0 Å². The van der Waals surface area contributed by atoms with Gasteiger partial charge in [-0.25, -0.2) is 4.98 Å². The van der Waals surface area contributed by atoms with Crippen LogP contribution in [0.15, 0.2) is 48.5 Å². The Morgan fingerprint density at radius 2 is 1.84 bits per heavy atom. The maximum atomic E-state index is 13.1. The van der Waals surface area contributed by atoms with Crippen molar-refractivity contribution < 1.29 is 9.53 Å². The van der Waals surface area contributed by atoms with Crippen LogP contribution in [0.1, 0.15) is 53.5 Å². The Balaban J connectivity index is 1.49. The van der Waals surface area contributed by atoms with Crippen LogP contribution in [-0.2, 0) is 19.4 Å². The maximum absolute atomic E-state index is 13.1. The first-order valence-electron chi connectivity index (χ1n) is 11.3. The molecule has 0 bridgehead atoms. The van der Waals surface area contributed by atoms with Crippen LogP contribution in [0, 0.1) is 6.92 Å². The average molecular weight is 418 g/mol. The minimum atomic E-state index is -0.0741. The Kier molecular flexibility index (Phi) is 6.70. The Labute approximate surface area is 184 Å². The van der Waals surface area contributed by atoms with Crippen molar-refractivity contribution in [2.45, 2.75) is 52.5 Å². The summed E-state index contributed by atoms with van der Waals surface area (Å²) < 4.78 is 7.75. The summed E-state index contributed by atoms with van der Waals surface area (Å²) in [4.78, 5) is 17.9. The van der Waals surface area contributed by atoms with Crippen LogP contribution in [0.5, 0.6) is 5.75 Å². The average Bonchev–Trinajstić information content (AvgIpc) is 2.97. The fourth-order valence-corrected chi connectivity index (χ4v) is 4.15. The molecule has 0 atom stereocenters. The third kappa shape index (κ3) is 4.98. The molecule has 1 N–H and O–H groups in total. The van der Waals surface area contributed by atoms with Gasteiger partial charge < -0.3 is 14.6 Å². The van der Waals surface area contributed by atoms with Gasteiger partial charge in [0.15, 0.2) is 0 Å². The molecular formula is C26H31N3O2. The fraction of sp³-hybridized carbons (Fsp3) is 0.385. The van der Waals surface area contributed by atoms with Gasteiger partial charge in [0.2, 0.25) is 0 Å². The number of fused-ring (bicyclic) bond motifs is 1. The van der Waals surface area contributed by atoms with E-state index in [4.69, 9.17) is 9.72 Å². The molecule has 1 aliphatic rings. The van der Waals surface area contributed by atoms with Crippen LogP contribution < -0.4 is 10.1 Å². The first kappa shape index (κ1) is 21.2. The Hall–Kier alpha value is -3.08. The van der Waals surface area contributed by atoms with E-state index in [-0.39, 0.29) is 5.91 Å². The lowest BCUT2D eigenvalue weighted by Crippen LogP contribution is -2.27. The van der Waals surface area contributed by atoms with Crippen LogP contribution in [0.2, 0.25) is 0 Å².